The van der Waals surface area contributed by atoms with Crippen molar-refractivity contribution < 1.29 is 27.8 Å². The third kappa shape index (κ3) is 2.75. The number of nitrogens with zero attached hydrogens (tertiary/aromatic N) is 1. The smallest absolute Gasteiger partial charge is 0.391 e. The predicted molar refractivity (Wildman–Crippen MR) is 52.0 cm³/mol. The topological polar surface area (TPSA) is 59.4 Å². The van der Waals surface area contributed by atoms with E-state index in [4.69, 9.17) is 9.84 Å². The first-order chi connectivity index (χ1) is 7.87. The summed E-state index contributed by atoms with van der Waals surface area (Å²) in [7, 11) is 0. The van der Waals surface area contributed by atoms with Gasteiger partial charge in [0.2, 0.25) is 0 Å². The van der Waals surface area contributed by atoms with Gasteiger partial charge in [0.1, 0.15) is 0 Å². The fraction of sp³-hybridized carbons (Fsp3) is 0.556. The number of ether oxygens (including phenoxy) is 1. The minimum Gasteiger partial charge on any atom is -0.476 e. The van der Waals surface area contributed by atoms with Crippen LogP contribution in [0.3, 0.4) is 0 Å². The Kier molecular flexibility index (Phi) is 3.09. The summed E-state index contributed by atoms with van der Waals surface area (Å²) in [5.74, 6) is -1.21. The van der Waals surface area contributed by atoms with Crippen molar-refractivity contribution in [2.45, 2.75) is 31.7 Å². The Bertz CT molecular complexity index is 443. The second kappa shape index (κ2) is 4.26. The highest BCUT2D eigenvalue weighted by molar-refractivity contribution is 7.06. The summed E-state index contributed by atoms with van der Waals surface area (Å²) in [5.41, 5.74) is 0.225. The summed E-state index contributed by atoms with van der Waals surface area (Å²) in [6.45, 7) is 0.00102. The first-order valence-electron chi connectivity index (χ1n) is 4.76. The fourth-order valence-electron chi connectivity index (χ4n) is 1.70. The molecule has 1 atom stereocenters. The Labute approximate surface area is 98.2 Å². The molecule has 0 saturated heterocycles. The number of halogens is 3. The molecule has 2 heterocycles. The van der Waals surface area contributed by atoms with Crippen molar-refractivity contribution >= 4 is 17.5 Å². The van der Waals surface area contributed by atoms with E-state index in [1.165, 1.54) is 0 Å². The van der Waals surface area contributed by atoms with Crippen LogP contribution in [-0.2, 0) is 17.8 Å². The summed E-state index contributed by atoms with van der Waals surface area (Å²) in [4.78, 5) is 11.4. The quantitative estimate of drug-likeness (QED) is 0.892. The molecule has 0 amide bonds. The number of alkyl halides is 3. The molecule has 0 saturated carbocycles. The lowest BCUT2D eigenvalue weighted by Gasteiger charge is -2.23. The van der Waals surface area contributed by atoms with Crippen molar-refractivity contribution in [3.63, 3.8) is 0 Å². The molecule has 0 bridgehead atoms. The zero-order valence-electron chi connectivity index (χ0n) is 8.45. The summed E-state index contributed by atoms with van der Waals surface area (Å²) < 4.78 is 45.3. The lowest BCUT2D eigenvalue weighted by atomic mass is 10.0. The van der Waals surface area contributed by atoms with Crippen LogP contribution in [0.1, 0.15) is 27.3 Å². The Morgan fingerprint density at radius 3 is 2.88 bits per heavy atom. The zero-order chi connectivity index (χ0) is 12.6. The molecule has 94 valence electrons. The Morgan fingerprint density at radius 1 is 1.59 bits per heavy atom. The summed E-state index contributed by atoms with van der Waals surface area (Å²) in [6, 6.07) is 0. The van der Waals surface area contributed by atoms with Gasteiger partial charge in [-0.1, -0.05) is 0 Å². The molecule has 0 aromatic carbocycles. The lowest BCUT2D eigenvalue weighted by Crippen LogP contribution is -2.28. The highest BCUT2D eigenvalue weighted by atomic mass is 32.1. The van der Waals surface area contributed by atoms with E-state index in [1.807, 2.05) is 0 Å². The number of hydrogen-bond donors (Lipinski definition) is 1. The van der Waals surface area contributed by atoms with E-state index in [-0.39, 0.29) is 18.7 Å². The van der Waals surface area contributed by atoms with Crippen molar-refractivity contribution in [3.8, 4) is 0 Å². The van der Waals surface area contributed by atoms with Gasteiger partial charge in [-0.05, 0) is 11.5 Å². The minimum absolute atomic E-state index is 0.00102. The molecule has 1 N–H and O–H groups in total. The molecular weight excluding hydrogens is 259 g/mol. The predicted octanol–water partition coefficient (Wildman–Crippen LogP) is 2.24. The molecule has 0 spiro atoms. The van der Waals surface area contributed by atoms with Crippen LogP contribution in [0, 0.1) is 0 Å². The standard InChI is InChI=1S/C9H8F3NO3S/c10-9(11,12)2-4-1-5-6(3-16-4)17-13-7(5)8(14)15/h4H,1-3H2,(H,14,15). The third-order valence-corrected chi connectivity index (χ3v) is 3.27. The summed E-state index contributed by atoms with van der Waals surface area (Å²) in [6.07, 6.45) is -6.44. The highest BCUT2D eigenvalue weighted by Crippen LogP contribution is 2.32. The number of fused-ring (bicyclic) bond motifs is 1. The molecule has 1 aromatic heterocycles. The van der Waals surface area contributed by atoms with Crippen molar-refractivity contribution in [1.29, 1.82) is 0 Å². The molecule has 1 unspecified atom stereocenters. The molecule has 1 aromatic rings. The molecule has 1 aliphatic rings. The van der Waals surface area contributed by atoms with Crippen LogP contribution in [0.2, 0.25) is 0 Å². The van der Waals surface area contributed by atoms with Crippen molar-refractivity contribution in [1.82, 2.24) is 4.37 Å². The molecule has 0 fully saturated rings. The number of carboxylic acids is 1. The number of hydrogen-bond acceptors (Lipinski definition) is 4. The van der Waals surface area contributed by atoms with E-state index in [0.29, 0.717) is 10.4 Å². The highest BCUT2D eigenvalue weighted by Gasteiger charge is 2.36. The van der Waals surface area contributed by atoms with Gasteiger partial charge in [-0.3, -0.25) is 0 Å². The number of aromatic nitrogens is 1. The van der Waals surface area contributed by atoms with E-state index in [2.05, 4.69) is 4.37 Å². The van der Waals surface area contributed by atoms with Crippen LogP contribution in [0.4, 0.5) is 13.2 Å². The Balaban J connectivity index is 2.17. The van der Waals surface area contributed by atoms with Gasteiger partial charge in [-0.2, -0.15) is 17.5 Å². The SMILES string of the molecule is O=C(O)c1nsc2c1CC(CC(F)(F)F)OC2. The summed E-state index contributed by atoms with van der Waals surface area (Å²) >= 11 is 0.963. The van der Waals surface area contributed by atoms with Gasteiger partial charge in [0, 0.05) is 12.0 Å². The second-order valence-corrected chi connectivity index (χ2v) is 4.55. The first kappa shape index (κ1) is 12.3. The molecule has 0 aliphatic carbocycles. The molecule has 8 heteroatoms. The van der Waals surface area contributed by atoms with Gasteiger partial charge in [-0.25, -0.2) is 4.79 Å². The molecule has 1 aliphatic heterocycles. The normalized spacial score (nSPS) is 20.1. The Hall–Kier alpha value is -1.15. The number of rotatable bonds is 2. The van der Waals surface area contributed by atoms with Crippen LogP contribution >= 0.6 is 11.5 Å². The zero-order valence-corrected chi connectivity index (χ0v) is 9.27. The van der Waals surface area contributed by atoms with Crippen LogP contribution in [-0.4, -0.2) is 27.7 Å². The van der Waals surface area contributed by atoms with Crippen LogP contribution in [0.15, 0.2) is 0 Å². The Morgan fingerprint density at radius 2 is 2.29 bits per heavy atom. The largest absolute Gasteiger partial charge is 0.476 e. The van der Waals surface area contributed by atoms with E-state index in [9.17, 15) is 18.0 Å². The maximum atomic E-state index is 12.2. The number of carboxylic acid groups (broad SMARTS) is 1. The molecule has 2 rings (SSSR count). The van der Waals surface area contributed by atoms with E-state index in [1.54, 1.807) is 0 Å². The third-order valence-electron chi connectivity index (χ3n) is 2.41. The fourth-order valence-corrected chi connectivity index (χ4v) is 2.51. The first-order valence-corrected chi connectivity index (χ1v) is 5.53. The van der Waals surface area contributed by atoms with Crippen molar-refractivity contribution in [3.05, 3.63) is 16.1 Å². The van der Waals surface area contributed by atoms with Gasteiger partial charge in [0.15, 0.2) is 5.69 Å². The second-order valence-electron chi connectivity index (χ2n) is 3.69. The van der Waals surface area contributed by atoms with Gasteiger partial charge >= 0.3 is 12.1 Å². The average Bonchev–Trinajstić information content (AvgIpc) is 2.57. The van der Waals surface area contributed by atoms with E-state index in [0.717, 1.165) is 11.5 Å². The van der Waals surface area contributed by atoms with Gasteiger partial charge in [0.25, 0.3) is 0 Å². The van der Waals surface area contributed by atoms with Gasteiger partial charge in [0.05, 0.1) is 24.0 Å². The summed E-state index contributed by atoms with van der Waals surface area (Å²) in [5, 5.41) is 8.83. The molecule has 17 heavy (non-hydrogen) atoms. The average molecular weight is 267 g/mol. The maximum Gasteiger partial charge on any atom is 0.391 e. The molecule has 4 nitrogen and oxygen atoms in total. The van der Waals surface area contributed by atoms with Crippen LogP contribution in [0.5, 0.6) is 0 Å². The van der Waals surface area contributed by atoms with Crippen molar-refractivity contribution in [2.75, 3.05) is 0 Å². The van der Waals surface area contributed by atoms with Crippen LogP contribution in [0.25, 0.3) is 0 Å². The van der Waals surface area contributed by atoms with E-state index >= 15 is 0 Å². The monoisotopic (exact) mass is 267 g/mol. The maximum absolute atomic E-state index is 12.2. The number of aromatic carboxylic acids is 1. The van der Waals surface area contributed by atoms with Gasteiger partial charge in [-0.15, -0.1) is 0 Å². The van der Waals surface area contributed by atoms with Crippen molar-refractivity contribution in [2.24, 2.45) is 0 Å². The van der Waals surface area contributed by atoms with Crippen LogP contribution < -0.4 is 0 Å². The van der Waals surface area contributed by atoms with Gasteiger partial charge < -0.3 is 9.84 Å². The molecular formula is C9H8F3NO3S. The lowest BCUT2D eigenvalue weighted by molar-refractivity contribution is -0.163. The molecule has 0 radical (unpaired) electrons. The minimum atomic E-state index is -4.31. The number of carbonyl (C=O) groups is 1. The van der Waals surface area contributed by atoms with E-state index < -0.39 is 24.7 Å².